The number of halogens is 1. The van der Waals surface area contributed by atoms with Crippen LogP contribution in [0.3, 0.4) is 0 Å². The summed E-state index contributed by atoms with van der Waals surface area (Å²) in [6.45, 7) is 0.338. The van der Waals surface area contributed by atoms with E-state index < -0.39 is 5.82 Å². The maximum Gasteiger partial charge on any atom is 0.251 e. The standard InChI is InChI=1S/C11H10FN3OS/c12-8-3-1-2-7(4-8)10(16)14-5-9-6-15-11(13)17-9/h1-4,6H,5H2,(H2,13,15)(H,14,16). The minimum absolute atomic E-state index is 0.294. The number of nitrogen functional groups attached to an aromatic ring is 1. The number of nitrogens with zero attached hydrogens (tertiary/aromatic N) is 1. The van der Waals surface area contributed by atoms with Crippen molar-refractivity contribution < 1.29 is 9.18 Å². The van der Waals surface area contributed by atoms with Crippen molar-refractivity contribution in [2.75, 3.05) is 5.73 Å². The molecule has 0 aliphatic carbocycles. The molecule has 3 N–H and O–H groups in total. The van der Waals surface area contributed by atoms with E-state index in [1.165, 1.54) is 29.5 Å². The summed E-state index contributed by atoms with van der Waals surface area (Å²) < 4.78 is 12.9. The van der Waals surface area contributed by atoms with Crippen molar-refractivity contribution in [2.24, 2.45) is 0 Å². The molecule has 0 saturated carbocycles. The monoisotopic (exact) mass is 251 g/mol. The van der Waals surface area contributed by atoms with Gasteiger partial charge in [-0.3, -0.25) is 4.79 Å². The van der Waals surface area contributed by atoms with Gasteiger partial charge < -0.3 is 11.1 Å². The molecule has 17 heavy (non-hydrogen) atoms. The fraction of sp³-hybridized carbons (Fsp3) is 0.0909. The Bertz CT molecular complexity index is 541. The minimum atomic E-state index is -0.431. The van der Waals surface area contributed by atoms with E-state index in [1.54, 1.807) is 12.3 Å². The van der Waals surface area contributed by atoms with Crippen LogP contribution in [0, 0.1) is 5.82 Å². The molecule has 88 valence electrons. The lowest BCUT2D eigenvalue weighted by atomic mass is 10.2. The third-order valence-electron chi connectivity index (χ3n) is 2.08. The van der Waals surface area contributed by atoms with E-state index in [0.29, 0.717) is 17.2 Å². The Hall–Kier alpha value is -1.95. The molecule has 1 aromatic carbocycles. The molecule has 0 atom stereocenters. The van der Waals surface area contributed by atoms with Gasteiger partial charge in [0.1, 0.15) is 5.82 Å². The average Bonchev–Trinajstić information content (AvgIpc) is 2.72. The third-order valence-corrected chi connectivity index (χ3v) is 2.91. The highest BCUT2D eigenvalue weighted by molar-refractivity contribution is 7.15. The highest BCUT2D eigenvalue weighted by atomic mass is 32.1. The van der Waals surface area contributed by atoms with Crippen LogP contribution in [0.4, 0.5) is 9.52 Å². The number of amides is 1. The van der Waals surface area contributed by atoms with Gasteiger partial charge in [-0.15, -0.1) is 11.3 Å². The Labute approximate surface area is 101 Å². The van der Waals surface area contributed by atoms with Gasteiger partial charge in [-0.05, 0) is 18.2 Å². The van der Waals surface area contributed by atoms with E-state index >= 15 is 0 Å². The zero-order chi connectivity index (χ0) is 12.3. The van der Waals surface area contributed by atoms with Crippen molar-refractivity contribution in [1.29, 1.82) is 0 Å². The molecule has 1 aromatic heterocycles. The van der Waals surface area contributed by atoms with E-state index in [0.717, 1.165) is 4.88 Å². The lowest BCUT2D eigenvalue weighted by Crippen LogP contribution is -2.22. The number of carbonyl (C=O) groups excluding carboxylic acids is 1. The highest BCUT2D eigenvalue weighted by Crippen LogP contribution is 2.14. The quantitative estimate of drug-likeness (QED) is 0.874. The van der Waals surface area contributed by atoms with Crippen molar-refractivity contribution in [3.63, 3.8) is 0 Å². The number of thiazole rings is 1. The zero-order valence-electron chi connectivity index (χ0n) is 8.81. The highest BCUT2D eigenvalue weighted by Gasteiger charge is 2.06. The van der Waals surface area contributed by atoms with Crippen molar-refractivity contribution in [3.8, 4) is 0 Å². The van der Waals surface area contributed by atoms with Crippen LogP contribution in [-0.4, -0.2) is 10.9 Å². The Kier molecular flexibility index (Phi) is 3.34. The number of rotatable bonds is 3. The Morgan fingerprint density at radius 2 is 2.35 bits per heavy atom. The van der Waals surface area contributed by atoms with Crippen LogP contribution in [0.25, 0.3) is 0 Å². The third kappa shape index (κ3) is 3.01. The van der Waals surface area contributed by atoms with Crippen LogP contribution in [0.2, 0.25) is 0 Å². The number of carbonyl (C=O) groups is 1. The molecule has 1 heterocycles. The summed E-state index contributed by atoms with van der Waals surface area (Å²) in [5, 5.41) is 3.12. The summed E-state index contributed by atoms with van der Waals surface area (Å²) in [5.74, 6) is -0.754. The number of anilines is 1. The van der Waals surface area contributed by atoms with Crippen molar-refractivity contribution in [1.82, 2.24) is 10.3 Å². The van der Waals surface area contributed by atoms with Crippen molar-refractivity contribution in [3.05, 3.63) is 46.7 Å². The molecule has 0 fully saturated rings. The van der Waals surface area contributed by atoms with Crippen LogP contribution in [0.5, 0.6) is 0 Å². The number of hydrogen-bond donors (Lipinski definition) is 2. The number of aromatic nitrogens is 1. The predicted octanol–water partition coefficient (Wildman–Crippen LogP) is 1.79. The molecule has 0 radical (unpaired) electrons. The van der Waals surface area contributed by atoms with E-state index in [1.807, 2.05) is 0 Å². The molecule has 6 heteroatoms. The van der Waals surface area contributed by atoms with Crippen LogP contribution in [0.1, 0.15) is 15.2 Å². The van der Waals surface area contributed by atoms with Gasteiger partial charge in [-0.1, -0.05) is 6.07 Å². The Balaban J connectivity index is 1.98. The molecule has 4 nitrogen and oxygen atoms in total. The number of hydrogen-bond acceptors (Lipinski definition) is 4. The summed E-state index contributed by atoms with van der Waals surface area (Å²) in [4.78, 5) is 16.4. The second-order valence-electron chi connectivity index (χ2n) is 3.36. The topological polar surface area (TPSA) is 68.0 Å². The van der Waals surface area contributed by atoms with Crippen LogP contribution < -0.4 is 11.1 Å². The molecule has 1 amide bonds. The van der Waals surface area contributed by atoms with Crippen LogP contribution in [0.15, 0.2) is 30.5 Å². The molecular weight excluding hydrogens is 241 g/mol. The van der Waals surface area contributed by atoms with Gasteiger partial charge in [0.25, 0.3) is 5.91 Å². The lowest BCUT2D eigenvalue weighted by molar-refractivity contribution is 0.0951. The molecule has 0 saturated heterocycles. The molecule has 0 aliphatic heterocycles. The molecule has 2 aromatic rings. The Morgan fingerprint density at radius 1 is 1.53 bits per heavy atom. The van der Waals surface area contributed by atoms with Gasteiger partial charge >= 0.3 is 0 Å². The van der Waals surface area contributed by atoms with Crippen LogP contribution in [-0.2, 0) is 6.54 Å². The van der Waals surface area contributed by atoms with Gasteiger partial charge in [0.05, 0.1) is 6.54 Å². The fourth-order valence-corrected chi connectivity index (χ4v) is 1.93. The molecule has 0 spiro atoms. The largest absolute Gasteiger partial charge is 0.375 e. The van der Waals surface area contributed by atoms with Gasteiger partial charge in [0.15, 0.2) is 5.13 Å². The number of nitrogens with two attached hydrogens (primary N) is 1. The summed E-state index contributed by atoms with van der Waals surface area (Å²) >= 11 is 1.31. The summed E-state index contributed by atoms with van der Waals surface area (Å²) in [7, 11) is 0. The van der Waals surface area contributed by atoms with Crippen LogP contribution >= 0.6 is 11.3 Å². The SMILES string of the molecule is Nc1ncc(CNC(=O)c2cccc(F)c2)s1. The molecule has 0 unspecified atom stereocenters. The summed E-state index contributed by atoms with van der Waals surface area (Å²) in [5.41, 5.74) is 5.76. The van der Waals surface area contributed by atoms with E-state index in [4.69, 9.17) is 5.73 Å². The smallest absolute Gasteiger partial charge is 0.251 e. The second kappa shape index (κ2) is 4.92. The Morgan fingerprint density at radius 3 is 3.00 bits per heavy atom. The first-order valence-corrected chi connectivity index (χ1v) is 5.71. The minimum Gasteiger partial charge on any atom is -0.375 e. The van der Waals surface area contributed by atoms with E-state index in [2.05, 4.69) is 10.3 Å². The fourth-order valence-electron chi connectivity index (χ4n) is 1.30. The zero-order valence-corrected chi connectivity index (χ0v) is 9.63. The molecule has 0 aliphatic rings. The number of benzene rings is 1. The summed E-state index contributed by atoms with van der Waals surface area (Å²) in [6, 6.07) is 5.53. The first kappa shape index (κ1) is 11.5. The van der Waals surface area contributed by atoms with Gasteiger partial charge in [-0.2, -0.15) is 0 Å². The van der Waals surface area contributed by atoms with Gasteiger partial charge in [0, 0.05) is 16.6 Å². The lowest BCUT2D eigenvalue weighted by Gasteiger charge is -2.03. The summed E-state index contributed by atoms with van der Waals surface area (Å²) in [6.07, 6.45) is 1.60. The maximum absolute atomic E-state index is 12.9. The van der Waals surface area contributed by atoms with Crippen molar-refractivity contribution in [2.45, 2.75) is 6.54 Å². The predicted molar refractivity (Wildman–Crippen MR) is 64.1 cm³/mol. The first-order chi connectivity index (χ1) is 8.15. The number of nitrogens with one attached hydrogen (secondary N) is 1. The van der Waals surface area contributed by atoms with E-state index in [-0.39, 0.29) is 5.91 Å². The average molecular weight is 251 g/mol. The van der Waals surface area contributed by atoms with Gasteiger partial charge in [-0.25, -0.2) is 9.37 Å². The second-order valence-corrected chi connectivity index (χ2v) is 4.50. The first-order valence-electron chi connectivity index (χ1n) is 4.89. The maximum atomic E-state index is 12.9. The molecule has 2 rings (SSSR count). The van der Waals surface area contributed by atoms with E-state index in [9.17, 15) is 9.18 Å². The van der Waals surface area contributed by atoms with Gasteiger partial charge in [0.2, 0.25) is 0 Å². The molecular formula is C11H10FN3OS. The van der Waals surface area contributed by atoms with Crippen molar-refractivity contribution >= 4 is 22.4 Å². The molecule has 0 bridgehead atoms. The normalized spacial score (nSPS) is 10.2.